The van der Waals surface area contributed by atoms with E-state index in [2.05, 4.69) is 5.10 Å². The number of aromatic hydroxyl groups is 1. The third kappa shape index (κ3) is 4.19. The first-order valence-electron chi connectivity index (χ1n) is 9.96. The van der Waals surface area contributed by atoms with Crippen molar-refractivity contribution in [1.82, 2.24) is 19.0 Å². The minimum Gasteiger partial charge on any atom is -0.507 e. The first-order chi connectivity index (χ1) is 14.8. The molecule has 9 heteroatoms. The van der Waals surface area contributed by atoms with Gasteiger partial charge >= 0.3 is 0 Å². The molecular formula is C22H24N4O4S. The number of carbonyl (C=O) groups is 1. The molecule has 162 valence electrons. The van der Waals surface area contributed by atoms with Crippen LogP contribution in [0.4, 0.5) is 0 Å². The molecule has 2 heterocycles. The van der Waals surface area contributed by atoms with Gasteiger partial charge in [0, 0.05) is 37.9 Å². The highest BCUT2D eigenvalue weighted by Gasteiger charge is 2.32. The minimum atomic E-state index is -3.83. The molecule has 1 fully saturated rings. The van der Waals surface area contributed by atoms with Crippen LogP contribution >= 0.6 is 0 Å². The Morgan fingerprint density at radius 3 is 2.26 bits per heavy atom. The maximum Gasteiger partial charge on any atom is 0.253 e. The standard InChI is InChI=1S/C22H24N4O4S/c1-16-3-8-20(27)21(13-16)31(29,30)25-11-9-24(10-12-25)22(28)18-4-6-19(7-5-18)26-15-17(2)14-23-26/h3-8,13-15,27H,9-12H2,1-2H3. The lowest BCUT2D eigenvalue weighted by Gasteiger charge is -2.34. The van der Waals surface area contributed by atoms with Gasteiger partial charge in [-0.15, -0.1) is 0 Å². The van der Waals surface area contributed by atoms with E-state index in [0.717, 1.165) is 16.8 Å². The molecule has 0 spiro atoms. The zero-order valence-corrected chi connectivity index (χ0v) is 18.2. The summed E-state index contributed by atoms with van der Waals surface area (Å²) in [5.41, 5.74) is 3.20. The van der Waals surface area contributed by atoms with E-state index >= 15 is 0 Å². The van der Waals surface area contributed by atoms with Crippen molar-refractivity contribution >= 4 is 15.9 Å². The lowest BCUT2D eigenvalue weighted by atomic mass is 10.1. The van der Waals surface area contributed by atoms with Crippen LogP contribution < -0.4 is 0 Å². The Hall–Kier alpha value is -3.17. The number of aromatic nitrogens is 2. The van der Waals surface area contributed by atoms with Crippen LogP contribution in [-0.4, -0.2) is 64.6 Å². The minimum absolute atomic E-state index is 0.100. The van der Waals surface area contributed by atoms with Crippen LogP contribution in [0.2, 0.25) is 0 Å². The van der Waals surface area contributed by atoms with Gasteiger partial charge in [-0.2, -0.15) is 9.40 Å². The van der Waals surface area contributed by atoms with Gasteiger partial charge in [0.2, 0.25) is 10.0 Å². The molecule has 1 aromatic heterocycles. The van der Waals surface area contributed by atoms with Crippen molar-refractivity contribution in [2.75, 3.05) is 26.2 Å². The number of amides is 1. The summed E-state index contributed by atoms with van der Waals surface area (Å²) in [6.45, 7) is 4.64. The summed E-state index contributed by atoms with van der Waals surface area (Å²) < 4.78 is 28.9. The number of hydrogen-bond donors (Lipinski definition) is 1. The second kappa shape index (κ2) is 8.16. The van der Waals surface area contributed by atoms with E-state index in [1.165, 1.54) is 16.4 Å². The summed E-state index contributed by atoms with van der Waals surface area (Å²) in [6, 6.07) is 11.7. The molecular weight excluding hydrogens is 416 g/mol. The Balaban J connectivity index is 1.43. The van der Waals surface area contributed by atoms with Gasteiger partial charge in [-0.25, -0.2) is 13.1 Å². The Labute approximate surface area is 181 Å². The predicted octanol–water partition coefficient (Wildman–Crippen LogP) is 2.34. The largest absolute Gasteiger partial charge is 0.507 e. The van der Waals surface area contributed by atoms with Crippen molar-refractivity contribution in [2.24, 2.45) is 0 Å². The molecule has 0 saturated carbocycles. The zero-order valence-electron chi connectivity index (χ0n) is 17.4. The number of carbonyl (C=O) groups excluding carboxylic acids is 1. The van der Waals surface area contributed by atoms with Gasteiger partial charge in [-0.05, 0) is 61.4 Å². The average Bonchev–Trinajstić information content (AvgIpc) is 3.21. The van der Waals surface area contributed by atoms with Gasteiger partial charge in [0.1, 0.15) is 10.6 Å². The Bertz CT molecular complexity index is 1210. The van der Waals surface area contributed by atoms with Gasteiger partial charge < -0.3 is 10.0 Å². The lowest BCUT2D eigenvalue weighted by molar-refractivity contribution is 0.0697. The third-order valence-corrected chi connectivity index (χ3v) is 7.28. The monoisotopic (exact) mass is 440 g/mol. The summed E-state index contributed by atoms with van der Waals surface area (Å²) in [6.07, 6.45) is 3.67. The third-order valence-electron chi connectivity index (χ3n) is 5.35. The van der Waals surface area contributed by atoms with Crippen LogP contribution in [0.3, 0.4) is 0 Å². The fraction of sp³-hybridized carbons (Fsp3) is 0.273. The number of phenols is 1. The number of sulfonamides is 1. The molecule has 31 heavy (non-hydrogen) atoms. The Morgan fingerprint density at radius 2 is 1.65 bits per heavy atom. The molecule has 0 aliphatic carbocycles. The fourth-order valence-corrected chi connectivity index (χ4v) is 5.18. The van der Waals surface area contributed by atoms with Gasteiger partial charge in [0.15, 0.2) is 0 Å². The second-order valence-corrected chi connectivity index (χ2v) is 9.58. The van der Waals surface area contributed by atoms with Crippen molar-refractivity contribution in [1.29, 1.82) is 0 Å². The van der Waals surface area contributed by atoms with Crippen LogP contribution in [0.15, 0.2) is 59.8 Å². The Morgan fingerprint density at radius 1 is 0.968 bits per heavy atom. The zero-order chi connectivity index (χ0) is 22.2. The topological polar surface area (TPSA) is 95.7 Å². The van der Waals surface area contributed by atoms with Crippen molar-refractivity contribution < 1.29 is 18.3 Å². The van der Waals surface area contributed by atoms with E-state index in [1.807, 2.05) is 25.3 Å². The molecule has 0 radical (unpaired) electrons. The number of hydrogen-bond acceptors (Lipinski definition) is 5. The van der Waals surface area contributed by atoms with Crippen LogP contribution in [0.1, 0.15) is 21.5 Å². The highest BCUT2D eigenvalue weighted by Crippen LogP contribution is 2.27. The molecule has 0 bridgehead atoms. The van der Waals surface area contributed by atoms with Gasteiger partial charge in [0.25, 0.3) is 5.91 Å². The number of aryl methyl sites for hydroxylation is 2. The van der Waals surface area contributed by atoms with Gasteiger partial charge in [-0.3, -0.25) is 4.79 Å². The van der Waals surface area contributed by atoms with Crippen molar-refractivity contribution in [3.8, 4) is 11.4 Å². The maximum absolute atomic E-state index is 12.9. The number of piperazine rings is 1. The molecule has 3 aromatic rings. The molecule has 1 saturated heterocycles. The normalized spacial score (nSPS) is 15.2. The second-order valence-electron chi connectivity index (χ2n) is 7.68. The lowest BCUT2D eigenvalue weighted by Crippen LogP contribution is -2.50. The number of phenolic OH excluding ortho intramolecular Hbond substituents is 1. The van der Waals surface area contributed by atoms with Crippen LogP contribution in [0.5, 0.6) is 5.75 Å². The van der Waals surface area contributed by atoms with Crippen LogP contribution in [0.25, 0.3) is 5.69 Å². The molecule has 1 amide bonds. The Kier molecular flexibility index (Phi) is 5.55. The fourth-order valence-electron chi connectivity index (χ4n) is 3.59. The quantitative estimate of drug-likeness (QED) is 0.672. The summed E-state index contributed by atoms with van der Waals surface area (Å²) in [5, 5.41) is 14.3. The van der Waals surface area contributed by atoms with Gasteiger partial charge in [0.05, 0.1) is 11.9 Å². The predicted molar refractivity (Wildman–Crippen MR) is 116 cm³/mol. The number of benzene rings is 2. The van der Waals surface area contributed by atoms with Crippen molar-refractivity contribution in [3.05, 3.63) is 71.5 Å². The van der Waals surface area contributed by atoms with Crippen molar-refractivity contribution in [2.45, 2.75) is 18.7 Å². The summed E-state index contributed by atoms with van der Waals surface area (Å²) >= 11 is 0. The van der Waals surface area contributed by atoms with E-state index in [-0.39, 0.29) is 42.7 Å². The molecule has 0 atom stereocenters. The van der Waals surface area contributed by atoms with E-state index in [0.29, 0.717) is 5.56 Å². The van der Waals surface area contributed by atoms with E-state index in [4.69, 9.17) is 0 Å². The summed E-state index contributed by atoms with van der Waals surface area (Å²) in [5.74, 6) is -0.407. The number of rotatable bonds is 4. The SMILES string of the molecule is Cc1ccc(O)c(S(=O)(=O)N2CCN(C(=O)c3ccc(-n4cc(C)cn4)cc3)CC2)c1. The molecule has 8 nitrogen and oxygen atoms in total. The number of nitrogens with zero attached hydrogens (tertiary/aromatic N) is 4. The van der Waals surface area contributed by atoms with E-state index in [1.54, 1.807) is 40.9 Å². The summed E-state index contributed by atoms with van der Waals surface area (Å²) in [7, 11) is -3.83. The molecule has 1 aliphatic heterocycles. The first kappa shape index (κ1) is 21.1. The molecule has 4 rings (SSSR count). The van der Waals surface area contributed by atoms with Crippen molar-refractivity contribution in [3.63, 3.8) is 0 Å². The van der Waals surface area contributed by atoms with Crippen LogP contribution in [0, 0.1) is 13.8 Å². The van der Waals surface area contributed by atoms with E-state index in [9.17, 15) is 18.3 Å². The highest BCUT2D eigenvalue weighted by molar-refractivity contribution is 7.89. The maximum atomic E-state index is 12.9. The van der Waals surface area contributed by atoms with E-state index < -0.39 is 10.0 Å². The summed E-state index contributed by atoms with van der Waals surface area (Å²) in [4.78, 5) is 14.4. The van der Waals surface area contributed by atoms with Crippen LogP contribution in [-0.2, 0) is 10.0 Å². The molecule has 1 aliphatic rings. The first-order valence-corrected chi connectivity index (χ1v) is 11.4. The highest BCUT2D eigenvalue weighted by atomic mass is 32.2. The molecule has 2 aromatic carbocycles. The molecule has 0 unspecified atom stereocenters. The smallest absolute Gasteiger partial charge is 0.253 e. The molecule has 1 N–H and O–H groups in total. The van der Waals surface area contributed by atoms with Gasteiger partial charge in [-0.1, -0.05) is 6.07 Å². The average molecular weight is 441 g/mol.